The van der Waals surface area contributed by atoms with Crippen molar-refractivity contribution >= 4 is 17.3 Å². The lowest BCUT2D eigenvalue weighted by atomic mass is 10.0. The lowest BCUT2D eigenvalue weighted by Crippen LogP contribution is -2.27. The number of anilines is 1. The van der Waals surface area contributed by atoms with Gasteiger partial charge < -0.3 is 11.1 Å². The van der Waals surface area contributed by atoms with Crippen molar-refractivity contribution < 1.29 is 9.72 Å². The van der Waals surface area contributed by atoms with E-state index in [4.69, 9.17) is 5.73 Å². The molecule has 0 saturated carbocycles. The number of nitro groups is 1. The van der Waals surface area contributed by atoms with Crippen LogP contribution < -0.4 is 11.1 Å². The SMILES string of the molecule is Cc1ccc(C(C)NC(=O)CCc2ccccc2N)cc1[N+](=O)[O-]. The molecule has 6 heteroatoms. The molecule has 0 radical (unpaired) electrons. The molecule has 0 heterocycles. The molecule has 126 valence electrons. The highest BCUT2D eigenvalue weighted by Gasteiger charge is 2.16. The molecule has 0 fully saturated rings. The number of para-hydroxylation sites is 1. The molecule has 0 aliphatic heterocycles. The van der Waals surface area contributed by atoms with Crippen molar-refractivity contribution in [3.05, 3.63) is 69.3 Å². The molecule has 24 heavy (non-hydrogen) atoms. The number of carbonyl (C=O) groups excluding carboxylic acids is 1. The topological polar surface area (TPSA) is 98.3 Å². The summed E-state index contributed by atoms with van der Waals surface area (Å²) in [5.74, 6) is -0.117. The molecule has 3 N–H and O–H groups in total. The lowest BCUT2D eigenvalue weighted by Gasteiger charge is -2.15. The van der Waals surface area contributed by atoms with Crippen molar-refractivity contribution in [2.24, 2.45) is 0 Å². The predicted octanol–water partition coefficient (Wildman–Crippen LogP) is 3.30. The third-order valence-corrected chi connectivity index (χ3v) is 3.98. The maximum absolute atomic E-state index is 12.1. The fourth-order valence-corrected chi connectivity index (χ4v) is 2.50. The van der Waals surface area contributed by atoms with Gasteiger partial charge in [-0.05, 0) is 37.5 Å². The van der Waals surface area contributed by atoms with Crippen LogP contribution in [0, 0.1) is 17.0 Å². The zero-order valence-electron chi connectivity index (χ0n) is 13.8. The Morgan fingerprint density at radius 1 is 1.29 bits per heavy atom. The van der Waals surface area contributed by atoms with E-state index in [-0.39, 0.29) is 17.6 Å². The van der Waals surface area contributed by atoms with Crippen LogP contribution in [0.4, 0.5) is 11.4 Å². The molecule has 1 unspecified atom stereocenters. The highest BCUT2D eigenvalue weighted by Crippen LogP contribution is 2.23. The first-order valence-electron chi connectivity index (χ1n) is 7.76. The third kappa shape index (κ3) is 4.32. The van der Waals surface area contributed by atoms with Gasteiger partial charge in [0, 0.05) is 23.7 Å². The minimum atomic E-state index is -0.411. The Balaban J connectivity index is 1.98. The standard InChI is InChI=1S/C18H21N3O3/c1-12-7-8-15(11-17(12)21(23)24)13(2)20-18(22)10-9-14-5-3-4-6-16(14)19/h3-8,11,13H,9-10,19H2,1-2H3,(H,20,22). The van der Waals surface area contributed by atoms with Crippen LogP contribution in [-0.2, 0) is 11.2 Å². The highest BCUT2D eigenvalue weighted by molar-refractivity contribution is 5.77. The second-order valence-corrected chi connectivity index (χ2v) is 5.79. The number of aryl methyl sites for hydroxylation is 2. The predicted molar refractivity (Wildman–Crippen MR) is 93.6 cm³/mol. The van der Waals surface area contributed by atoms with Gasteiger partial charge >= 0.3 is 0 Å². The summed E-state index contributed by atoms with van der Waals surface area (Å²) in [6, 6.07) is 12.1. The van der Waals surface area contributed by atoms with E-state index in [0.717, 1.165) is 5.56 Å². The molecule has 0 saturated heterocycles. The van der Waals surface area contributed by atoms with Crippen molar-refractivity contribution in [3.63, 3.8) is 0 Å². The fraction of sp³-hybridized carbons (Fsp3) is 0.278. The van der Waals surface area contributed by atoms with E-state index in [9.17, 15) is 14.9 Å². The van der Waals surface area contributed by atoms with Crippen LogP contribution in [0.5, 0.6) is 0 Å². The molecule has 1 atom stereocenters. The van der Waals surface area contributed by atoms with E-state index in [1.807, 2.05) is 25.1 Å². The van der Waals surface area contributed by atoms with Crippen molar-refractivity contribution in [2.45, 2.75) is 32.7 Å². The monoisotopic (exact) mass is 327 g/mol. The Kier molecular flexibility index (Phi) is 5.52. The highest BCUT2D eigenvalue weighted by atomic mass is 16.6. The zero-order valence-corrected chi connectivity index (χ0v) is 13.8. The zero-order chi connectivity index (χ0) is 17.7. The van der Waals surface area contributed by atoms with Crippen molar-refractivity contribution in [3.8, 4) is 0 Å². The van der Waals surface area contributed by atoms with Gasteiger partial charge in [-0.2, -0.15) is 0 Å². The molecule has 6 nitrogen and oxygen atoms in total. The minimum Gasteiger partial charge on any atom is -0.399 e. The smallest absolute Gasteiger partial charge is 0.272 e. The van der Waals surface area contributed by atoms with Gasteiger partial charge in [-0.3, -0.25) is 14.9 Å². The number of nitrogen functional groups attached to an aromatic ring is 1. The van der Waals surface area contributed by atoms with Gasteiger partial charge in [-0.1, -0.05) is 30.3 Å². The van der Waals surface area contributed by atoms with Gasteiger partial charge in [-0.15, -0.1) is 0 Å². The number of nitrogens with two attached hydrogens (primary N) is 1. The van der Waals surface area contributed by atoms with Gasteiger partial charge in [0.1, 0.15) is 0 Å². The Morgan fingerprint density at radius 2 is 2.00 bits per heavy atom. The average molecular weight is 327 g/mol. The van der Waals surface area contributed by atoms with Crippen molar-refractivity contribution in [1.29, 1.82) is 0 Å². The number of amides is 1. The number of rotatable bonds is 6. The summed E-state index contributed by atoms with van der Waals surface area (Å²) < 4.78 is 0. The first-order valence-corrected chi connectivity index (χ1v) is 7.76. The molecule has 1 amide bonds. The summed E-state index contributed by atoms with van der Waals surface area (Å²) in [6.07, 6.45) is 0.867. The van der Waals surface area contributed by atoms with Gasteiger partial charge in [0.05, 0.1) is 11.0 Å². The van der Waals surface area contributed by atoms with Crippen LogP contribution in [0.25, 0.3) is 0 Å². The normalized spacial score (nSPS) is 11.8. The molecular formula is C18H21N3O3. The molecule has 2 aromatic rings. The lowest BCUT2D eigenvalue weighted by molar-refractivity contribution is -0.385. The molecule has 0 spiro atoms. The maximum atomic E-state index is 12.1. The second kappa shape index (κ2) is 7.59. The molecule has 2 rings (SSSR count). The Labute approximate surface area is 140 Å². The summed E-state index contributed by atoms with van der Waals surface area (Å²) in [6.45, 7) is 3.50. The molecule has 0 aromatic heterocycles. The first kappa shape index (κ1) is 17.5. The van der Waals surface area contributed by atoms with Gasteiger partial charge in [0.25, 0.3) is 5.69 Å². The summed E-state index contributed by atoms with van der Waals surface area (Å²) in [7, 11) is 0. The molecular weight excluding hydrogens is 306 g/mol. The number of benzene rings is 2. The van der Waals surface area contributed by atoms with Crippen LogP contribution in [0.2, 0.25) is 0 Å². The quantitative estimate of drug-likeness (QED) is 0.483. The number of nitro benzene ring substituents is 1. The number of nitrogens with zero attached hydrogens (tertiary/aromatic N) is 1. The fourth-order valence-electron chi connectivity index (χ4n) is 2.50. The van der Waals surface area contributed by atoms with E-state index in [1.165, 1.54) is 6.07 Å². The van der Waals surface area contributed by atoms with E-state index >= 15 is 0 Å². The molecule has 2 aromatic carbocycles. The summed E-state index contributed by atoms with van der Waals surface area (Å²) >= 11 is 0. The van der Waals surface area contributed by atoms with Crippen LogP contribution in [-0.4, -0.2) is 10.8 Å². The average Bonchev–Trinajstić information content (AvgIpc) is 2.54. The largest absolute Gasteiger partial charge is 0.399 e. The summed E-state index contributed by atoms with van der Waals surface area (Å²) in [5, 5.41) is 13.9. The second-order valence-electron chi connectivity index (χ2n) is 5.79. The van der Waals surface area contributed by atoms with Gasteiger partial charge in [0.15, 0.2) is 0 Å². The summed E-state index contributed by atoms with van der Waals surface area (Å²) in [4.78, 5) is 22.7. The first-order chi connectivity index (χ1) is 11.4. The maximum Gasteiger partial charge on any atom is 0.272 e. The van der Waals surface area contributed by atoms with Crippen LogP contribution >= 0.6 is 0 Å². The number of hydrogen-bond donors (Lipinski definition) is 2. The molecule has 0 aliphatic rings. The van der Waals surface area contributed by atoms with E-state index in [2.05, 4.69) is 5.32 Å². The van der Waals surface area contributed by atoms with Crippen LogP contribution in [0.3, 0.4) is 0 Å². The minimum absolute atomic E-state index is 0.0608. The van der Waals surface area contributed by atoms with Crippen molar-refractivity contribution in [1.82, 2.24) is 5.32 Å². The van der Waals surface area contributed by atoms with Crippen LogP contribution in [0.15, 0.2) is 42.5 Å². The van der Waals surface area contributed by atoms with Crippen molar-refractivity contribution in [2.75, 3.05) is 5.73 Å². The van der Waals surface area contributed by atoms with E-state index in [0.29, 0.717) is 29.7 Å². The van der Waals surface area contributed by atoms with E-state index in [1.54, 1.807) is 25.1 Å². The summed E-state index contributed by atoms with van der Waals surface area (Å²) in [5.41, 5.74) is 8.84. The van der Waals surface area contributed by atoms with E-state index < -0.39 is 4.92 Å². The molecule has 0 aliphatic carbocycles. The number of carbonyl (C=O) groups is 1. The Bertz CT molecular complexity index is 759. The van der Waals surface area contributed by atoms with Gasteiger partial charge in [0.2, 0.25) is 5.91 Å². The third-order valence-electron chi connectivity index (χ3n) is 3.98. The Morgan fingerprint density at radius 3 is 2.67 bits per heavy atom. The molecule has 0 bridgehead atoms. The van der Waals surface area contributed by atoms with Gasteiger partial charge in [-0.25, -0.2) is 0 Å². The number of nitrogens with one attached hydrogen (secondary N) is 1. The van der Waals surface area contributed by atoms with Crippen LogP contribution in [0.1, 0.15) is 36.1 Å². The Hall–Kier alpha value is -2.89. The number of hydrogen-bond acceptors (Lipinski definition) is 4.